The van der Waals surface area contributed by atoms with Crippen LogP contribution in [0.25, 0.3) is 0 Å². The van der Waals surface area contributed by atoms with Crippen molar-refractivity contribution in [2.75, 3.05) is 18.5 Å². The Labute approximate surface area is 108 Å². The van der Waals surface area contributed by atoms with Crippen LogP contribution in [0.2, 0.25) is 0 Å². The van der Waals surface area contributed by atoms with E-state index in [-0.39, 0.29) is 18.6 Å². The average Bonchev–Trinajstić information content (AvgIpc) is 2.30. The molecule has 0 heterocycles. The second-order valence-electron chi connectivity index (χ2n) is 4.34. The summed E-state index contributed by atoms with van der Waals surface area (Å²) < 4.78 is 10.7. The van der Waals surface area contributed by atoms with Crippen LogP contribution in [0.15, 0.2) is 18.2 Å². The van der Waals surface area contributed by atoms with Crippen LogP contribution in [0, 0.1) is 6.92 Å². The Bertz CT molecular complexity index is 402. The topological polar surface area (TPSA) is 47.6 Å². The first-order valence-electron chi connectivity index (χ1n) is 6.17. The molecule has 1 rings (SSSR count). The standard InChI is InChI=1S/C14H21NO3/c1-5-17-13-8-11(4)6-7-12(13)15-14(16)9-18-10(2)3/h6-8,10H,5,9H2,1-4H3,(H,15,16). The van der Waals surface area contributed by atoms with Gasteiger partial charge in [0.15, 0.2) is 0 Å². The molecular formula is C14H21NO3. The molecule has 1 N–H and O–H groups in total. The van der Waals surface area contributed by atoms with Gasteiger partial charge in [0.1, 0.15) is 12.4 Å². The van der Waals surface area contributed by atoms with Gasteiger partial charge >= 0.3 is 0 Å². The molecule has 1 aromatic carbocycles. The third-order valence-corrected chi connectivity index (χ3v) is 2.26. The maximum absolute atomic E-state index is 11.7. The number of carbonyl (C=O) groups excluding carboxylic acids is 1. The summed E-state index contributed by atoms with van der Waals surface area (Å²) in [4.78, 5) is 11.7. The Kier molecular flexibility index (Phi) is 5.65. The zero-order chi connectivity index (χ0) is 13.5. The lowest BCUT2D eigenvalue weighted by molar-refractivity contribution is -0.121. The molecule has 0 aromatic heterocycles. The molecule has 0 unspecified atom stereocenters. The fraction of sp³-hybridized carbons (Fsp3) is 0.500. The smallest absolute Gasteiger partial charge is 0.250 e. The predicted octanol–water partition coefficient (Wildman–Crippen LogP) is 2.76. The molecule has 1 amide bonds. The summed E-state index contributed by atoms with van der Waals surface area (Å²) in [7, 11) is 0. The van der Waals surface area contributed by atoms with Gasteiger partial charge in [-0.15, -0.1) is 0 Å². The normalized spacial score (nSPS) is 10.5. The summed E-state index contributed by atoms with van der Waals surface area (Å²) in [6, 6.07) is 5.68. The summed E-state index contributed by atoms with van der Waals surface area (Å²) in [5.74, 6) is 0.518. The molecule has 18 heavy (non-hydrogen) atoms. The van der Waals surface area contributed by atoms with Crippen molar-refractivity contribution < 1.29 is 14.3 Å². The van der Waals surface area contributed by atoms with Gasteiger partial charge in [-0.05, 0) is 45.4 Å². The molecular weight excluding hydrogens is 230 g/mol. The number of rotatable bonds is 6. The van der Waals surface area contributed by atoms with Crippen molar-refractivity contribution in [2.24, 2.45) is 0 Å². The van der Waals surface area contributed by atoms with Gasteiger partial charge in [-0.3, -0.25) is 4.79 Å². The van der Waals surface area contributed by atoms with Crippen molar-refractivity contribution in [2.45, 2.75) is 33.8 Å². The Hall–Kier alpha value is -1.55. The Morgan fingerprint density at radius 1 is 1.39 bits per heavy atom. The van der Waals surface area contributed by atoms with Crippen molar-refractivity contribution in [3.05, 3.63) is 23.8 Å². The summed E-state index contributed by atoms with van der Waals surface area (Å²) in [5.41, 5.74) is 1.77. The molecule has 0 fully saturated rings. The summed E-state index contributed by atoms with van der Waals surface area (Å²) in [5, 5.41) is 2.79. The van der Waals surface area contributed by atoms with E-state index in [1.54, 1.807) is 0 Å². The van der Waals surface area contributed by atoms with E-state index >= 15 is 0 Å². The van der Waals surface area contributed by atoms with Crippen LogP contribution < -0.4 is 10.1 Å². The van der Waals surface area contributed by atoms with Gasteiger partial charge in [0.25, 0.3) is 0 Å². The summed E-state index contributed by atoms with van der Waals surface area (Å²) in [6.45, 7) is 8.30. The van der Waals surface area contributed by atoms with E-state index in [1.165, 1.54) is 0 Å². The number of carbonyl (C=O) groups is 1. The van der Waals surface area contributed by atoms with Gasteiger partial charge in [-0.2, -0.15) is 0 Å². The average molecular weight is 251 g/mol. The number of hydrogen-bond donors (Lipinski definition) is 1. The second kappa shape index (κ2) is 7.01. The van der Waals surface area contributed by atoms with Gasteiger partial charge in [0, 0.05) is 0 Å². The maximum atomic E-state index is 11.7. The Balaban J connectivity index is 2.68. The van der Waals surface area contributed by atoms with Crippen LogP contribution in [0.1, 0.15) is 26.3 Å². The van der Waals surface area contributed by atoms with Crippen molar-refractivity contribution in [1.82, 2.24) is 0 Å². The first kappa shape index (κ1) is 14.5. The number of anilines is 1. The molecule has 0 atom stereocenters. The molecule has 0 aliphatic heterocycles. The van der Waals surface area contributed by atoms with E-state index in [2.05, 4.69) is 5.32 Å². The molecule has 100 valence electrons. The van der Waals surface area contributed by atoms with Crippen LogP contribution in [0.5, 0.6) is 5.75 Å². The number of hydrogen-bond acceptors (Lipinski definition) is 3. The highest BCUT2D eigenvalue weighted by Gasteiger charge is 2.08. The lowest BCUT2D eigenvalue weighted by Crippen LogP contribution is -2.21. The van der Waals surface area contributed by atoms with E-state index in [0.29, 0.717) is 18.0 Å². The number of ether oxygens (including phenoxy) is 2. The van der Waals surface area contributed by atoms with Crippen LogP contribution >= 0.6 is 0 Å². The number of aryl methyl sites for hydroxylation is 1. The summed E-state index contributed by atoms with van der Waals surface area (Å²) in [6.07, 6.45) is 0.0418. The fourth-order valence-electron chi connectivity index (χ4n) is 1.44. The molecule has 0 radical (unpaired) electrons. The highest BCUT2D eigenvalue weighted by molar-refractivity contribution is 5.93. The molecule has 0 aliphatic rings. The van der Waals surface area contributed by atoms with Crippen molar-refractivity contribution in [1.29, 1.82) is 0 Å². The van der Waals surface area contributed by atoms with Gasteiger partial charge in [0.2, 0.25) is 5.91 Å². The van der Waals surface area contributed by atoms with E-state index in [4.69, 9.17) is 9.47 Å². The van der Waals surface area contributed by atoms with Crippen molar-refractivity contribution >= 4 is 11.6 Å². The molecule has 1 aromatic rings. The quantitative estimate of drug-likeness (QED) is 0.845. The fourth-order valence-corrected chi connectivity index (χ4v) is 1.44. The highest BCUT2D eigenvalue weighted by Crippen LogP contribution is 2.25. The van der Waals surface area contributed by atoms with Gasteiger partial charge in [0.05, 0.1) is 18.4 Å². The lowest BCUT2D eigenvalue weighted by Gasteiger charge is -2.13. The number of nitrogens with one attached hydrogen (secondary N) is 1. The van der Waals surface area contributed by atoms with Crippen molar-refractivity contribution in [3.63, 3.8) is 0 Å². The lowest BCUT2D eigenvalue weighted by atomic mass is 10.2. The van der Waals surface area contributed by atoms with E-state index in [1.807, 2.05) is 45.9 Å². The van der Waals surface area contributed by atoms with Crippen LogP contribution in [0.4, 0.5) is 5.69 Å². The molecule has 0 saturated carbocycles. The maximum Gasteiger partial charge on any atom is 0.250 e. The minimum atomic E-state index is -0.173. The largest absolute Gasteiger partial charge is 0.492 e. The molecule has 4 nitrogen and oxygen atoms in total. The van der Waals surface area contributed by atoms with Gasteiger partial charge in [-0.25, -0.2) is 0 Å². The van der Waals surface area contributed by atoms with Crippen molar-refractivity contribution in [3.8, 4) is 5.75 Å². The van der Waals surface area contributed by atoms with Gasteiger partial charge < -0.3 is 14.8 Å². The Morgan fingerprint density at radius 2 is 2.11 bits per heavy atom. The second-order valence-corrected chi connectivity index (χ2v) is 4.34. The molecule has 0 aliphatic carbocycles. The zero-order valence-corrected chi connectivity index (χ0v) is 11.4. The highest BCUT2D eigenvalue weighted by atomic mass is 16.5. The summed E-state index contributed by atoms with van der Waals surface area (Å²) >= 11 is 0. The predicted molar refractivity (Wildman–Crippen MR) is 72.1 cm³/mol. The SMILES string of the molecule is CCOc1cc(C)ccc1NC(=O)COC(C)C. The minimum absolute atomic E-state index is 0.0418. The van der Waals surface area contributed by atoms with E-state index in [9.17, 15) is 4.79 Å². The van der Waals surface area contributed by atoms with E-state index in [0.717, 1.165) is 5.56 Å². The molecule has 0 saturated heterocycles. The molecule has 0 bridgehead atoms. The van der Waals surface area contributed by atoms with Crippen LogP contribution in [-0.4, -0.2) is 25.2 Å². The Morgan fingerprint density at radius 3 is 2.72 bits per heavy atom. The first-order valence-corrected chi connectivity index (χ1v) is 6.17. The third kappa shape index (κ3) is 4.75. The van der Waals surface area contributed by atoms with Crippen LogP contribution in [-0.2, 0) is 9.53 Å². The molecule has 4 heteroatoms. The van der Waals surface area contributed by atoms with Crippen LogP contribution in [0.3, 0.4) is 0 Å². The first-order chi connectivity index (χ1) is 8.52. The minimum Gasteiger partial charge on any atom is -0.492 e. The van der Waals surface area contributed by atoms with E-state index < -0.39 is 0 Å². The zero-order valence-electron chi connectivity index (χ0n) is 11.4. The monoisotopic (exact) mass is 251 g/mol. The number of benzene rings is 1. The van der Waals surface area contributed by atoms with Gasteiger partial charge in [-0.1, -0.05) is 6.07 Å². The molecule has 0 spiro atoms. The third-order valence-electron chi connectivity index (χ3n) is 2.26. The number of amides is 1.